The highest BCUT2D eigenvalue weighted by atomic mass is 32.1. The maximum absolute atomic E-state index is 13.2. The van der Waals surface area contributed by atoms with Crippen molar-refractivity contribution in [1.29, 1.82) is 0 Å². The molecule has 9 heteroatoms. The van der Waals surface area contributed by atoms with Crippen LogP contribution in [0.4, 0.5) is 5.95 Å². The van der Waals surface area contributed by atoms with Crippen LogP contribution >= 0.6 is 11.3 Å². The first kappa shape index (κ1) is 17.3. The number of hydrogen-bond acceptors (Lipinski definition) is 7. The Morgan fingerprint density at radius 3 is 2.46 bits per heavy atom. The first-order valence-corrected chi connectivity index (χ1v) is 10.3. The van der Waals surface area contributed by atoms with Crippen molar-refractivity contribution >= 4 is 23.2 Å². The molecule has 0 spiro atoms. The Bertz CT molecular complexity index is 981. The number of carbonyl (C=O) groups is 1. The van der Waals surface area contributed by atoms with Crippen LogP contribution in [-0.4, -0.2) is 60.7 Å². The number of likely N-dealkylation sites (tertiary alicyclic amines) is 1. The molecule has 0 aromatic carbocycles. The minimum atomic E-state index is 0.00518. The Morgan fingerprint density at radius 1 is 1.11 bits per heavy atom. The molecule has 0 N–H and O–H groups in total. The van der Waals surface area contributed by atoms with Crippen LogP contribution in [0.2, 0.25) is 0 Å². The van der Waals surface area contributed by atoms with E-state index in [2.05, 4.69) is 25.0 Å². The fourth-order valence-corrected chi connectivity index (χ4v) is 4.93. The number of aryl methyl sites for hydroxylation is 2. The fraction of sp³-hybridized carbons (Fsp3) is 0.421. The van der Waals surface area contributed by atoms with Gasteiger partial charge >= 0.3 is 0 Å². The van der Waals surface area contributed by atoms with E-state index in [1.807, 2.05) is 30.2 Å². The lowest BCUT2D eigenvalue weighted by Crippen LogP contribution is -2.56. The molecule has 2 aliphatic heterocycles. The Kier molecular flexibility index (Phi) is 4.12. The smallest absolute Gasteiger partial charge is 0.272 e. The number of carbonyl (C=O) groups excluding carboxylic acids is 1. The fourth-order valence-electron chi connectivity index (χ4n) is 4.32. The van der Waals surface area contributed by atoms with Gasteiger partial charge in [0.05, 0.1) is 6.20 Å². The van der Waals surface area contributed by atoms with Gasteiger partial charge in [0.2, 0.25) is 11.1 Å². The summed E-state index contributed by atoms with van der Waals surface area (Å²) in [4.78, 5) is 31.1. The molecule has 5 heterocycles. The molecular weight excluding hydrogens is 374 g/mol. The summed E-state index contributed by atoms with van der Waals surface area (Å²) < 4.78 is 1.63. The van der Waals surface area contributed by atoms with Crippen molar-refractivity contribution in [3.8, 4) is 5.13 Å². The molecule has 2 aliphatic rings. The van der Waals surface area contributed by atoms with Gasteiger partial charge in [-0.1, -0.05) is 0 Å². The van der Waals surface area contributed by atoms with Crippen LogP contribution < -0.4 is 4.90 Å². The van der Waals surface area contributed by atoms with Gasteiger partial charge in [0, 0.05) is 48.1 Å². The van der Waals surface area contributed by atoms with E-state index in [0.717, 1.165) is 30.2 Å². The molecule has 3 aromatic heterocycles. The lowest BCUT2D eigenvalue weighted by Gasteiger charge is -2.41. The zero-order valence-corrected chi connectivity index (χ0v) is 16.6. The average molecular weight is 395 g/mol. The van der Waals surface area contributed by atoms with Gasteiger partial charge in [0.25, 0.3) is 5.91 Å². The molecule has 2 fully saturated rings. The van der Waals surface area contributed by atoms with E-state index >= 15 is 0 Å². The standard InChI is InChI=1S/C19H21N7OS/c1-12-9-13(2)23-18(22-12)25-14-3-4-15(25)11-24(10-14)17(27)16-5-6-21-26(16)19-20-7-8-28-19/h5-9,14-15H,3-4,10-11H2,1-2H3. The van der Waals surface area contributed by atoms with Crippen LogP contribution in [0.25, 0.3) is 5.13 Å². The van der Waals surface area contributed by atoms with E-state index in [9.17, 15) is 4.79 Å². The number of fused-ring (bicyclic) bond motifs is 2. The topological polar surface area (TPSA) is 80.0 Å². The molecule has 2 saturated heterocycles. The Morgan fingerprint density at radius 2 is 1.82 bits per heavy atom. The first-order valence-electron chi connectivity index (χ1n) is 9.44. The summed E-state index contributed by atoms with van der Waals surface area (Å²) in [5.74, 6) is 0.801. The van der Waals surface area contributed by atoms with Crippen molar-refractivity contribution in [3.05, 3.63) is 47.0 Å². The van der Waals surface area contributed by atoms with Gasteiger partial charge in [-0.25, -0.2) is 19.6 Å². The van der Waals surface area contributed by atoms with E-state index in [1.165, 1.54) is 11.3 Å². The minimum absolute atomic E-state index is 0.00518. The quantitative estimate of drug-likeness (QED) is 0.677. The van der Waals surface area contributed by atoms with Gasteiger partial charge < -0.3 is 9.80 Å². The number of hydrogen-bond donors (Lipinski definition) is 0. The molecule has 144 valence electrons. The number of piperazine rings is 1. The monoisotopic (exact) mass is 395 g/mol. The largest absolute Gasteiger partial charge is 0.333 e. The molecule has 5 rings (SSSR count). The summed E-state index contributed by atoms with van der Waals surface area (Å²) in [5, 5.41) is 6.89. The third-order valence-electron chi connectivity index (χ3n) is 5.43. The number of anilines is 1. The van der Waals surface area contributed by atoms with Crippen molar-refractivity contribution in [2.24, 2.45) is 0 Å². The third kappa shape index (κ3) is 2.86. The van der Waals surface area contributed by atoms with Crippen molar-refractivity contribution in [1.82, 2.24) is 29.6 Å². The molecule has 3 aromatic rings. The number of rotatable bonds is 3. The third-order valence-corrected chi connectivity index (χ3v) is 6.18. The molecular formula is C19H21N7OS. The van der Waals surface area contributed by atoms with Crippen molar-refractivity contribution < 1.29 is 4.79 Å². The maximum Gasteiger partial charge on any atom is 0.272 e. The second-order valence-electron chi connectivity index (χ2n) is 7.40. The van der Waals surface area contributed by atoms with Gasteiger partial charge in [-0.2, -0.15) is 5.10 Å². The number of aromatic nitrogens is 5. The molecule has 0 aliphatic carbocycles. The van der Waals surface area contributed by atoms with Crippen LogP contribution in [0.1, 0.15) is 34.7 Å². The molecule has 2 bridgehead atoms. The van der Waals surface area contributed by atoms with E-state index < -0.39 is 0 Å². The number of nitrogens with zero attached hydrogens (tertiary/aromatic N) is 7. The summed E-state index contributed by atoms with van der Waals surface area (Å²) in [6, 6.07) is 4.26. The van der Waals surface area contributed by atoms with Crippen molar-refractivity contribution in [2.75, 3.05) is 18.0 Å². The van der Waals surface area contributed by atoms with E-state index in [1.54, 1.807) is 23.1 Å². The zero-order valence-electron chi connectivity index (χ0n) is 15.8. The second-order valence-corrected chi connectivity index (χ2v) is 8.27. The SMILES string of the molecule is Cc1cc(C)nc(N2C3CCC2CN(C(=O)c2ccnn2-c2nccs2)C3)n1. The second kappa shape index (κ2) is 6.66. The Labute approximate surface area is 166 Å². The molecule has 0 saturated carbocycles. The van der Waals surface area contributed by atoms with Crippen LogP contribution in [0, 0.1) is 13.8 Å². The Hall–Kier alpha value is -2.81. The normalized spacial score (nSPS) is 21.4. The lowest BCUT2D eigenvalue weighted by atomic mass is 10.2. The van der Waals surface area contributed by atoms with Crippen LogP contribution in [0.3, 0.4) is 0 Å². The van der Waals surface area contributed by atoms with Crippen molar-refractivity contribution in [2.45, 2.75) is 38.8 Å². The van der Waals surface area contributed by atoms with Crippen LogP contribution in [-0.2, 0) is 0 Å². The number of thiazole rings is 1. The van der Waals surface area contributed by atoms with E-state index in [4.69, 9.17) is 0 Å². The summed E-state index contributed by atoms with van der Waals surface area (Å²) in [6.07, 6.45) is 5.48. The molecule has 28 heavy (non-hydrogen) atoms. The van der Waals surface area contributed by atoms with E-state index in [0.29, 0.717) is 23.9 Å². The molecule has 0 radical (unpaired) electrons. The predicted molar refractivity (Wildman–Crippen MR) is 106 cm³/mol. The average Bonchev–Trinajstić information content (AvgIpc) is 3.39. The molecule has 2 atom stereocenters. The summed E-state index contributed by atoms with van der Waals surface area (Å²) in [7, 11) is 0. The van der Waals surface area contributed by atoms with Gasteiger partial charge in [-0.05, 0) is 38.8 Å². The molecule has 2 unspecified atom stereocenters. The van der Waals surface area contributed by atoms with Crippen LogP contribution in [0.5, 0.6) is 0 Å². The molecule has 8 nitrogen and oxygen atoms in total. The summed E-state index contributed by atoms with van der Waals surface area (Å²) in [5.41, 5.74) is 2.52. The zero-order chi connectivity index (χ0) is 19.3. The van der Waals surface area contributed by atoms with Gasteiger partial charge in [-0.15, -0.1) is 11.3 Å². The Balaban J connectivity index is 1.39. The van der Waals surface area contributed by atoms with Crippen LogP contribution in [0.15, 0.2) is 29.9 Å². The predicted octanol–water partition coefficient (Wildman–Crippen LogP) is 2.23. The first-order chi connectivity index (χ1) is 13.6. The highest BCUT2D eigenvalue weighted by molar-refractivity contribution is 7.12. The van der Waals surface area contributed by atoms with Crippen molar-refractivity contribution in [3.63, 3.8) is 0 Å². The van der Waals surface area contributed by atoms with E-state index in [-0.39, 0.29) is 18.0 Å². The highest BCUT2D eigenvalue weighted by Crippen LogP contribution is 2.34. The van der Waals surface area contributed by atoms with Gasteiger partial charge in [0.1, 0.15) is 5.69 Å². The van der Waals surface area contributed by atoms with Gasteiger partial charge in [0.15, 0.2) is 0 Å². The maximum atomic E-state index is 13.2. The summed E-state index contributed by atoms with van der Waals surface area (Å²) >= 11 is 1.47. The minimum Gasteiger partial charge on any atom is -0.333 e. The lowest BCUT2D eigenvalue weighted by molar-refractivity contribution is 0.0707. The summed E-state index contributed by atoms with van der Waals surface area (Å²) in [6.45, 7) is 5.35. The number of amides is 1. The van der Waals surface area contributed by atoms with Gasteiger partial charge in [-0.3, -0.25) is 4.79 Å². The molecule has 1 amide bonds. The highest BCUT2D eigenvalue weighted by Gasteiger charge is 2.43.